The van der Waals surface area contributed by atoms with Crippen molar-refractivity contribution in [2.75, 3.05) is 5.73 Å². The first kappa shape index (κ1) is 9.65. The number of aryl methyl sites for hydroxylation is 1. The van der Waals surface area contributed by atoms with Crippen LogP contribution >= 0.6 is 0 Å². The largest absolute Gasteiger partial charge is 0.383 e. The van der Waals surface area contributed by atoms with E-state index in [1.165, 1.54) is 6.07 Å². The fourth-order valence-electron chi connectivity index (χ4n) is 1.42. The molecule has 76 valence electrons. The highest BCUT2D eigenvalue weighted by molar-refractivity contribution is 5.73. The summed E-state index contributed by atoms with van der Waals surface area (Å²) in [6.45, 7) is 1.73. The Morgan fingerprint density at radius 1 is 1.27 bits per heavy atom. The van der Waals surface area contributed by atoms with Gasteiger partial charge < -0.3 is 5.73 Å². The average Bonchev–Trinajstić information content (AvgIpc) is 2.23. The number of nitrogens with zero attached hydrogens (tertiary/aromatic N) is 1. The molecule has 0 atom stereocenters. The van der Waals surface area contributed by atoms with Gasteiger partial charge in [0.1, 0.15) is 11.6 Å². The number of halogens is 1. The zero-order chi connectivity index (χ0) is 10.8. The maximum atomic E-state index is 13.3. The Bertz CT molecular complexity index is 495. The maximum absolute atomic E-state index is 13.3. The van der Waals surface area contributed by atoms with Crippen molar-refractivity contribution in [2.24, 2.45) is 0 Å². The fourth-order valence-corrected chi connectivity index (χ4v) is 1.42. The highest BCUT2D eigenvalue weighted by atomic mass is 19.1. The number of nitrogens with two attached hydrogens (primary N) is 1. The van der Waals surface area contributed by atoms with Crippen LogP contribution in [0.3, 0.4) is 0 Å². The van der Waals surface area contributed by atoms with E-state index in [-0.39, 0.29) is 5.82 Å². The number of hydrogen-bond acceptors (Lipinski definition) is 2. The monoisotopic (exact) mass is 202 g/mol. The lowest BCUT2D eigenvalue weighted by molar-refractivity contribution is 0.619. The second-order valence-corrected chi connectivity index (χ2v) is 3.40. The number of aromatic nitrogens is 1. The summed E-state index contributed by atoms with van der Waals surface area (Å²) in [7, 11) is 0. The Labute approximate surface area is 87.6 Å². The summed E-state index contributed by atoms with van der Waals surface area (Å²) in [6, 6.07) is 8.65. The van der Waals surface area contributed by atoms with Crippen molar-refractivity contribution in [3.63, 3.8) is 0 Å². The van der Waals surface area contributed by atoms with Gasteiger partial charge in [0.15, 0.2) is 0 Å². The van der Waals surface area contributed by atoms with Crippen molar-refractivity contribution in [3.8, 4) is 11.1 Å². The molecule has 2 aromatic rings. The van der Waals surface area contributed by atoms with Crippen LogP contribution in [-0.4, -0.2) is 4.98 Å². The lowest BCUT2D eigenvalue weighted by Crippen LogP contribution is -1.93. The predicted molar refractivity (Wildman–Crippen MR) is 58.8 cm³/mol. The van der Waals surface area contributed by atoms with Gasteiger partial charge >= 0.3 is 0 Å². The van der Waals surface area contributed by atoms with Crippen molar-refractivity contribution in [1.29, 1.82) is 0 Å². The molecule has 0 unspecified atom stereocenters. The molecule has 1 aromatic carbocycles. The summed E-state index contributed by atoms with van der Waals surface area (Å²) in [5, 5.41) is 0. The Balaban J connectivity index is 2.55. The Morgan fingerprint density at radius 2 is 2.07 bits per heavy atom. The molecule has 2 rings (SSSR count). The van der Waals surface area contributed by atoms with Crippen molar-refractivity contribution in [1.82, 2.24) is 4.98 Å². The van der Waals surface area contributed by atoms with Crippen molar-refractivity contribution < 1.29 is 4.39 Å². The highest BCUT2D eigenvalue weighted by Crippen LogP contribution is 2.25. The summed E-state index contributed by atoms with van der Waals surface area (Å²) in [6.07, 6.45) is 1.61. The second kappa shape index (κ2) is 3.69. The van der Waals surface area contributed by atoms with E-state index in [1.807, 2.05) is 12.1 Å². The lowest BCUT2D eigenvalue weighted by Gasteiger charge is -2.05. The summed E-state index contributed by atoms with van der Waals surface area (Å²) >= 11 is 0. The third-order valence-corrected chi connectivity index (χ3v) is 2.32. The topological polar surface area (TPSA) is 38.9 Å². The molecule has 0 fully saturated rings. The molecule has 3 heteroatoms. The van der Waals surface area contributed by atoms with Crippen LogP contribution in [0.5, 0.6) is 0 Å². The van der Waals surface area contributed by atoms with E-state index < -0.39 is 0 Å². The van der Waals surface area contributed by atoms with Gasteiger partial charge in [-0.25, -0.2) is 9.37 Å². The van der Waals surface area contributed by atoms with E-state index in [0.29, 0.717) is 11.4 Å². The van der Waals surface area contributed by atoms with Gasteiger partial charge in [0.25, 0.3) is 0 Å². The van der Waals surface area contributed by atoms with Gasteiger partial charge in [-0.1, -0.05) is 12.1 Å². The molecule has 1 heterocycles. The molecule has 0 radical (unpaired) electrons. The van der Waals surface area contributed by atoms with Crippen LogP contribution in [-0.2, 0) is 0 Å². The van der Waals surface area contributed by atoms with Crippen molar-refractivity contribution in [2.45, 2.75) is 6.92 Å². The van der Waals surface area contributed by atoms with Gasteiger partial charge in [-0.15, -0.1) is 0 Å². The van der Waals surface area contributed by atoms with Crippen LogP contribution in [0.15, 0.2) is 36.5 Å². The minimum atomic E-state index is -0.226. The standard InChI is InChI=1S/C12H11FN2/c1-8-4-5-9(7-11(8)13)10-3-2-6-15-12(10)14/h2-7H,1H3,(H2,14,15). The molecule has 2 nitrogen and oxygen atoms in total. The van der Waals surface area contributed by atoms with Crippen LogP contribution < -0.4 is 5.73 Å². The van der Waals surface area contributed by atoms with Crippen LogP contribution in [0.25, 0.3) is 11.1 Å². The van der Waals surface area contributed by atoms with Gasteiger partial charge in [-0.3, -0.25) is 0 Å². The Morgan fingerprint density at radius 3 is 2.73 bits per heavy atom. The number of hydrogen-bond donors (Lipinski definition) is 1. The highest BCUT2D eigenvalue weighted by Gasteiger charge is 2.05. The normalized spacial score (nSPS) is 10.3. The second-order valence-electron chi connectivity index (χ2n) is 3.40. The van der Waals surface area contributed by atoms with E-state index in [9.17, 15) is 4.39 Å². The molecule has 0 spiro atoms. The number of rotatable bonds is 1. The summed E-state index contributed by atoms with van der Waals surface area (Å²) in [5.41, 5.74) is 7.85. The third-order valence-electron chi connectivity index (χ3n) is 2.32. The van der Waals surface area contributed by atoms with Crippen molar-refractivity contribution in [3.05, 3.63) is 47.9 Å². The maximum Gasteiger partial charge on any atom is 0.131 e. The Kier molecular flexibility index (Phi) is 2.37. The summed E-state index contributed by atoms with van der Waals surface area (Å²) in [5.74, 6) is 0.191. The number of nitrogen functional groups attached to an aromatic ring is 1. The molecule has 0 aliphatic carbocycles. The summed E-state index contributed by atoms with van der Waals surface area (Å²) < 4.78 is 13.3. The van der Waals surface area contributed by atoms with E-state index in [0.717, 1.165) is 11.1 Å². The quantitative estimate of drug-likeness (QED) is 0.772. The van der Waals surface area contributed by atoms with Gasteiger partial charge in [0, 0.05) is 11.8 Å². The van der Waals surface area contributed by atoms with Gasteiger partial charge in [0.2, 0.25) is 0 Å². The first-order chi connectivity index (χ1) is 7.18. The predicted octanol–water partition coefficient (Wildman–Crippen LogP) is 2.78. The molecule has 0 amide bonds. The van der Waals surface area contributed by atoms with E-state index in [1.54, 1.807) is 25.3 Å². The SMILES string of the molecule is Cc1ccc(-c2cccnc2N)cc1F. The number of pyridine rings is 1. The fraction of sp³-hybridized carbons (Fsp3) is 0.0833. The van der Waals surface area contributed by atoms with E-state index in [4.69, 9.17) is 5.73 Å². The smallest absolute Gasteiger partial charge is 0.131 e. The van der Waals surface area contributed by atoms with Crippen LogP contribution in [0, 0.1) is 12.7 Å². The summed E-state index contributed by atoms with van der Waals surface area (Å²) in [4.78, 5) is 3.96. The first-order valence-corrected chi connectivity index (χ1v) is 4.65. The molecular weight excluding hydrogens is 191 g/mol. The molecular formula is C12H11FN2. The first-order valence-electron chi connectivity index (χ1n) is 4.65. The van der Waals surface area contributed by atoms with Gasteiger partial charge in [-0.05, 0) is 36.2 Å². The minimum absolute atomic E-state index is 0.226. The van der Waals surface area contributed by atoms with Gasteiger partial charge in [-0.2, -0.15) is 0 Å². The minimum Gasteiger partial charge on any atom is -0.383 e. The average molecular weight is 202 g/mol. The molecule has 0 saturated heterocycles. The molecule has 0 aliphatic rings. The molecule has 15 heavy (non-hydrogen) atoms. The number of anilines is 1. The molecule has 0 bridgehead atoms. The lowest BCUT2D eigenvalue weighted by atomic mass is 10.0. The zero-order valence-corrected chi connectivity index (χ0v) is 8.37. The third kappa shape index (κ3) is 1.81. The van der Waals surface area contributed by atoms with Gasteiger partial charge in [0.05, 0.1) is 0 Å². The van der Waals surface area contributed by atoms with Crippen LogP contribution in [0.2, 0.25) is 0 Å². The van der Waals surface area contributed by atoms with E-state index >= 15 is 0 Å². The van der Waals surface area contributed by atoms with E-state index in [2.05, 4.69) is 4.98 Å². The zero-order valence-electron chi connectivity index (χ0n) is 8.37. The molecule has 0 saturated carbocycles. The van der Waals surface area contributed by atoms with Crippen LogP contribution in [0.4, 0.5) is 10.2 Å². The molecule has 2 N–H and O–H groups in total. The molecule has 0 aliphatic heterocycles. The molecule has 1 aromatic heterocycles. The Hall–Kier alpha value is -1.90. The number of benzene rings is 1. The van der Waals surface area contributed by atoms with Crippen molar-refractivity contribution >= 4 is 5.82 Å². The van der Waals surface area contributed by atoms with Crippen LogP contribution in [0.1, 0.15) is 5.56 Å².